The number of anilines is 1. The Balaban J connectivity index is 1.37. The predicted octanol–water partition coefficient (Wildman–Crippen LogP) is 1.26. The lowest BCUT2D eigenvalue weighted by Gasteiger charge is -2.09. The van der Waals surface area contributed by atoms with Crippen LogP contribution in [0.5, 0.6) is 11.8 Å². The summed E-state index contributed by atoms with van der Waals surface area (Å²) in [5.41, 5.74) is 6.48. The van der Waals surface area contributed by atoms with E-state index in [1.54, 1.807) is 42.5 Å². The summed E-state index contributed by atoms with van der Waals surface area (Å²) >= 11 is 0.851. The molecule has 0 spiro atoms. The molecule has 3 rings (SSSR count). The first kappa shape index (κ1) is 23.5. The quantitative estimate of drug-likeness (QED) is 0.199. The minimum absolute atomic E-state index is 0.107. The van der Waals surface area contributed by atoms with E-state index in [2.05, 4.69) is 21.2 Å². The van der Waals surface area contributed by atoms with E-state index >= 15 is 0 Å². The number of benzene rings is 1. The van der Waals surface area contributed by atoms with E-state index in [-0.39, 0.29) is 28.6 Å². The van der Waals surface area contributed by atoms with Crippen LogP contribution in [0.3, 0.4) is 0 Å². The summed E-state index contributed by atoms with van der Waals surface area (Å²) in [6, 6.07) is 13.1. The molecular formula is C21H21N5O6S. The molecule has 0 saturated heterocycles. The molecule has 0 atom stereocenters. The maximum Gasteiger partial charge on any atom is 0.257 e. The zero-order valence-corrected chi connectivity index (χ0v) is 18.0. The van der Waals surface area contributed by atoms with Crippen molar-refractivity contribution in [2.45, 2.75) is 6.42 Å². The van der Waals surface area contributed by atoms with Crippen LogP contribution >= 0.6 is 11.8 Å². The second kappa shape index (κ2) is 10.9. The molecule has 3 aromatic rings. The van der Waals surface area contributed by atoms with Gasteiger partial charge in [0.1, 0.15) is 5.82 Å². The van der Waals surface area contributed by atoms with Gasteiger partial charge < -0.3 is 20.7 Å². The second-order valence-corrected chi connectivity index (χ2v) is 7.73. The second-order valence-electron chi connectivity index (χ2n) is 6.78. The minimum atomic E-state index is -0.515. The van der Waals surface area contributed by atoms with Crippen molar-refractivity contribution < 1.29 is 29.8 Å². The summed E-state index contributed by atoms with van der Waals surface area (Å²) in [6.45, 7) is -0.287. The van der Waals surface area contributed by atoms with Crippen molar-refractivity contribution in [2.24, 2.45) is 0 Å². The van der Waals surface area contributed by atoms with Gasteiger partial charge in [-0.05, 0) is 11.6 Å². The number of aromatic hydroxyl groups is 2. The molecule has 0 saturated carbocycles. The van der Waals surface area contributed by atoms with E-state index in [4.69, 9.17) is 0 Å². The highest BCUT2D eigenvalue weighted by Crippen LogP contribution is 2.27. The summed E-state index contributed by atoms with van der Waals surface area (Å²) in [7, 11) is 0. The zero-order chi connectivity index (χ0) is 23.8. The van der Waals surface area contributed by atoms with Crippen molar-refractivity contribution in [1.29, 1.82) is 0 Å². The number of hydrazine groups is 1. The van der Waals surface area contributed by atoms with Crippen molar-refractivity contribution in [3.8, 4) is 11.8 Å². The number of nitrogens with zero attached hydrogens (tertiary/aromatic N) is 2. The molecule has 0 aliphatic carbocycles. The van der Waals surface area contributed by atoms with Crippen LogP contribution in [0, 0.1) is 0 Å². The van der Waals surface area contributed by atoms with E-state index < -0.39 is 23.6 Å². The van der Waals surface area contributed by atoms with Gasteiger partial charge in [-0.2, -0.15) is 0 Å². The standard InChI is InChI=1S/C21H21N5O6S/c27-17(11-23-18(28)12-33-21(31)14-4-2-1-3-5-14)25-24-16-7-6-13(10-22-16)8-15-9-19(29)26(32)20(15)30/h1-7,9-10,29-30,32H,8,11-12H2,(H,22,24)(H,23,28)(H,25,27). The molecule has 2 amide bonds. The SMILES string of the molecule is O=C(CSC(=O)c1ccccc1)NCC(=O)NNc1ccc(Cc2cc(O)n(O)c2O)cn1. The number of hydrogen-bond donors (Lipinski definition) is 6. The number of thioether (sulfide) groups is 1. The van der Waals surface area contributed by atoms with Gasteiger partial charge in [-0.15, -0.1) is 4.73 Å². The van der Waals surface area contributed by atoms with Gasteiger partial charge in [0.25, 0.3) is 5.91 Å². The lowest BCUT2D eigenvalue weighted by Crippen LogP contribution is -2.40. The molecule has 33 heavy (non-hydrogen) atoms. The first-order valence-corrected chi connectivity index (χ1v) is 10.6. The number of aromatic nitrogens is 2. The van der Waals surface area contributed by atoms with Crippen molar-refractivity contribution in [3.05, 3.63) is 71.4 Å². The average Bonchev–Trinajstić information content (AvgIpc) is 3.07. The molecule has 2 aromatic heterocycles. The Morgan fingerprint density at radius 3 is 2.42 bits per heavy atom. The first-order chi connectivity index (χ1) is 15.8. The number of hydrogen-bond acceptors (Lipinski definition) is 9. The Morgan fingerprint density at radius 2 is 1.79 bits per heavy atom. The van der Waals surface area contributed by atoms with Crippen LogP contribution in [0.1, 0.15) is 21.5 Å². The van der Waals surface area contributed by atoms with Crippen LogP contribution in [0.4, 0.5) is 5.82 Å². The summed E-state index contributed by atoms with van der Waals surface area (Å²) in [5.74, 6) is -1.69. The highest BCUT2D eigenvalue weighted by Gasteiger charge is 2.14. The maximum atomic E-state index is 12.0. The van der Waals surface area contributed by atoms with E-state index in [0.29, 0.717) is 22.5 Å². The third kappa shape index (κ3) is 6.64. The van der Waals surface area contributed by atoms with E-state index in [1.807, 2.05) is 0 Å². The summed E-state index contributed by atoms with van der Waals surface area (Å²) < 4.78 is 0.271. The number of pyridine rings is 1. The normalized spacial score (nSPS) is 10.4. The summed E-state index contributed by atoms with van der Waals surface area (Å²) in [5, 5.41) is 30.6. The largest absolute Gasteiger partial charge is 0.492 e. The van der Waals surface area contributed by atoms with Crippen LogP contribution in [0.15, 0.2) is 54.7 Å². The van der Waals surface area contributed by atoms with Crippen LogP contribution in [0.2, 0.25) is 0 Å². The topological polar surface area (TPSA) is 166 Å². The first-order valence-electron chi connectivity index (χ1n) is 9.64. The molecule has 1 aromatic carbocycles. The molecule has 0 fully saturated rings. The van der Waals surface area contributed by atoms with Gasteiger partial charge in [0, 0.05) is 29.8 Å². The summed E-state index contributed by atoms with van der Waals surface area (Å²) in [4.78, 5) is 39.8. The van der Waals surface area contributed by atoms with E-state index in [0.717, 1.165) is 11.8 Å². The fourth-order valence-electron chi connectivity index (χ4n) is 2.68. The molecule has 12 heteroatoms. The lowest BCUT2D eigenvalue weighted by atomic mass is 10.1. The molecule has 172 valence electrons. The van der Waals surface area contributed by atoms with Crippen LogP contribution in [0.25, 0.3) is 0 Å². The Bertz CT molecular complexity index is 1130. The van der Waals surface area contributed by atoms with Gasteiger partial charge >= 0.3 is 0 Å². The van der Waals surface area contributed by atoms with Crippen LogP contribution in [-0.2, 0) is 16.0 Å². The Hall–Kier alpha value is -4.19. The van der Waals surface area contributed by atoms with Gasteiger partial charge in [0.15, 0.2) is 0 Å². The molecule has 6 N–H and O–H groups in total. The lowest BCUT2D eigenvalue weighted by molar-refractivity contribution is -0.124. The van der Waals surface area contributed by atoms with Crippen LogP contribution < -0.4 is 16.2 Å². The smallest absolute Gasteiger partial charge is 0.257 e. The number of rotatable bonds is 9. The number of nitrogens with one attached hydrogen (secondary N) is 3. The average molecular weight is 471 g/mol. The van der Waals surface area contributed by atoms with Gasteiger partial charge in [-0.3, -0.25) is 25.2 Å². The third-order valence-electron chi connectivity index (χ3n) is 4.35. The fourth-order valence-corrected chi connectivity index (χ4v) is 3.34. The highest BCUT2D eigenvalue weighted by molar-refractivity contribution is 8.14. The molecule has 0 radical (unpaired) electrons. The molecule has 11 nitrogen and oxygen atoms in total. The minimum Gasteiger partial charge on any atom is -0.492 e. The predicted molar refractivity (Wildman–Crippen MR) is 120 cm³/mol. The molecule has 2 heterocycles. The molecule has 0 bridgehead atoms. The molecule has 0 unspecified atom stereocenters. The molecular weight excluding hydrogens is 450 g/mol. The van der Waals surface area contributed by atoms with Crippen molar-refractivity contribution in [2.75, 3.05) is 17.7 Å². The Labute approximate surface area is 192 Å². The Morgan fingerprint density at radius 1 is 1.03 bits per heavy atom. The van der Waals surface area contributed by atoms with Gasteiger partial charge in [-0.25, -0.2) is 4.98 Å². The fraction of sp³-hybridized carbons (Fsp3) is 0.143. The van der Waals surface area contributed by atoms with Crippen molar-refractivity contribution in [1.82, 2.24) is 20.5 Å². The van der Waals surface area contributed by atoms with Gasteiger partial charge in [-0.1, -0.05) is 48.2 Å². The van der Waals surface area contributed by atoms with Crippen molar-refractivity contribution in [3.63, 3.8) is 0 Å². The van der Waals surface area contributed by atoms with Crippen LogP contribution in [-0.4, -0.2) is 54.4 Å². The molecule has 0 aliphatic rings. The van der Waals surface area contributed by atoms with Gasteiger partial charge in [0.05, 0.1) is 12.3 Å². The van der Waals surface area contributed by atoms with E-state index in [9.17, 15) is 29.8 Å². The van der Waals surface area contributed by atoms with E-state index in [1.165, 1.54) is 12.3 Å². The monoisotopic (exact) mass is 471 g/mol. The number of carbonyl (C=O) groups excluding carboxylic acids is 3. The zero-order valence-electron chi connectivity index (χ0n) is 17.2. The van der Waals surface area contributed by atoms with Gasteiger partial charge in [0.2, 0.25) is 22.8 Å². The Kier molecular flexibility index (Phi) is 7.76. The molecule has 0 aliphatic heterocycles. The van der Waals surface area contributed by atoms with Crippen molar-refractivity contribution >= 4 is 34.5 Å². The summed E-state index contributed by atoms with van der Waals surface area (Å²) in [6.07, 6.45) is 1.70. The third-order valence-corrected chi connectivity index (χ3v) is 5.25. The number of carbonyl (C=O) groups is 3. The highest BCUT2D eigenvalue weighted by atomic mass is 32.2. The number of amides is 2. The maximum absolute atomic E-state index is 12.0.